The summed E-state index contributed by atoms with van der Waals surface area (Å²) < 4.78 is 0. The molecule has 0 bridgehead atoms. The van der Waals surface area contributed by atoms with Crippen LogP contribution in [0.1, 0.15) is 19.3 Å². The molecule has 2 heteroatoms. The van der Waals surface area contributed by atoms with Crippen LogP contribution in [0.5, 0.6) is 0 Å². The quantitative estimate of drug-likeness (QED) is 0.778. The lowest BCUT2D eigenvalue weighted by Crippen LogP contribution is -2.09. The zero-order valence-electron chi connectivity index (χ0n) is 11.2. The van der Waals surface area contributed by atoms with Gasteiger partial charge in [-0.2, -0.15) is 0 Å². The number of allylic oxidation sites excluding steroid dienone is 12. The molecule has 0 amide bonds. The van der Waals surface area contributed by atoms with E-state index >= 15 is 0 Å². The highest BCUT2D eigenvalue weighted by Crippen LogP contribution is 2.36. The molecule has 3 aliphatic rings. The van der Waals surface area contributed by atoms with Gasteiger partial charge in [0, 0.05) is 0 Å². The number of hydrogen-bond donors (Lipinski definition) is 1. The highest BCUT2D eigenvalue weighted by atomic mass is 16.4. The fourth-order valence-electron chi connectivity index (χ4n) is 2.83. The molecule has 0 radical (unpaired) electrons. The molecule has 0 unspecified atom stereocenters. The van der Waals surface area contributed by atoms with Gasteiger partial charge in [0.1, 0.15) is 0 Å². The van der Waals surface area contributed by atoms with E-state index in [1.54, 1.807) is 0 Å². The molecule has 0 fully saturated rings. The predicted molar refractivity (Wildman–Crippen MR) is 80.2 cm³/mol. The second kappa shape index (κ2) is 5.33. The maximum atomic E-state index is 11.8. The lowest BCUT2D eigenvalue weighted by atomic mass is 9.87. The highest BCUT2D eigenvalue weighted by Gasteiger charge is 2.24. The van der Waals surface area contributed by atoms with Gasteiger partial charge in [-0.3, -0.25) is 0 Å². The van der Waals surface area contributed by atoms with Gasteiger partial charge in [0.25, 0.3) is 0 Å². The Bertz CT molecular complexity index is 630. The van der Waals surface area contributed by atoms with Crippen LogP contribution >= 0.6 is 0 Å². The van der Waals surface area contributed by atoms with E-state index in [4.69, 9.17) is 0 Å². The van der Waals surface area contributed by atoms with E-state index in [1.807, 2.05) is 42.5 Å². The van der Waals surface area contributed by atoms with Crippen molar-refractivity contribution in [3.05, 3.63) is 82.5 Å². The summed E-state index contributed by atoms with van der Waals surface area (Å²) in [4.78, 5) is 11.8. The number of aliphatic carboxylic acids is 1. The van der Waals surface area contributed by atoms with Gasteiger partial charge in [0.05, 0.1) is 5.57 Å². The number of rotatable bonds is 4. The molecule has 0 atom stereocenters. The van der Waals surface area contributed by atoms with E-state index in [0.717, 1.165) is 35.1 Å². The zero-order valence-corrected chi connectivity index (χ0v) is 11.2. The Morgan fingerprint density at radius 2 is 1.25 bits per heavy atom. The van der Waals surface area contributed by atoms with Crippen molar-refractivity contribution >= 4 is 5.97 Å². The Morgan fingerprint density at radius 3 is 1.60 bits per heavy atom. The Labute approximate surface area is 118 Å². The molecular formula is C18H16O2. The Morgan fingerprint density at radius 1 is 0.800 bits per heavy atom. The molecule has 1 N–H and O–H groups in total. The maximum Gasteiger partial charge on any atom is 0.336 e. The van der Waals surface area contributed by atoms with E-state index in [-0.39, 0.29) is 0 Å². The minimum atomic E-state index is -0.837. The molecule has 0 aromatic rings. The molecule has 0 aliphatic heterocycles. The second-order valence-corrected chi connectivity index (χ2v) is 5.03. The first-order valence-electron chi connectivity index (χ1n) is 6.83. The van der Waals surface area contributed by atoms with Gasteiger partial charge in [-0.05, 0) is 41.6 Å². The molecule has 0 saturated heterocycles. The van der Waals surface area contributed by atoms with Crippen molar-refractivity contribution in [1.29, 1.82) is 0 Å². The van der Waals surface area contributed by atoms with Crippen molar-refractivity contribution in [2.45, 2.75) is 19.3 Å². The van der Waals surface area contributed by atoms with Crippen molar-refractivity contribution in [3.63, 3.8) is 0 Å². The van der Waals surface area contributed by atoms with Crippen molar-refractivity contribution in [2.24, 2.45) is 0 Å². The van der Waals surface area contributed by atoms with Gasteiger partial charge < -0.3 is 5.11 Å². The standard InChI is InChI=1S/C18H16O2/c19-18(20)17(15-11-5-6-12-15)16(13-7-1-2-8-13)14-9-3-4-10-14/h1-7,9,11H,8,10,12H2,(H,19,20). The van der Waals surface area contributed by atoms with Crippen LogP contribution < -0.4 is 0 Å². The topological polar surface area (TPSA) is 37.3 Å². The van der Waals surface area contributed by atoms with Gasteiger partial charge in [-0.1, -0.05) is 54.7 Å². The first-order chi connectivity index (χ1) is 9.77. The Hall–Kier alpha value is -2.35. The van der Waals surface area contributed by atoms with Crippen LogP contribution in [0.3, 0.4) is 0 Å². The fourth-order valence-corrected chi connectivity index (χ4v) is 2.83. The van der Waals surface area contributed by atoms with Crippen molar-refractivity contribution in [3.8, 4) is 0 Å². The average molecular weight is 264 g/mol. The summed E-state index contributed by atoms with van der Waals surface area (Å²) in [5, 5.41) is 9.70. The van der Waals surface area contributed by atoms with Gasteiger partial charge >= 0.3 is 5.97 Å². The van der Waals surface area contributed by atoms with E-state index in [2.05, 4.69) is 12.2 Å². The van der Waals surface area contributed by atoms with Crippen LogP contribution in [0, 0.1) is 0 Å². The van der Waals surface area contributed by atoms with E-state index in [1.165, 1.54) is 0 Å². The molecule has 0 heterocycles. The van der Waals surface area contributed by atoms with Crippen LogP contribution in [-0.2, 0) is 4.79 Å². The fraction of sp³-hybridized carbons (Fsp3) is 0.167. The molecule has 3 rings (SSSR count). The number of carboxylic acids is 1. The lowest BCUT2D eigenvalue weighted by molar-refractivity contribution is -0.132. The number of hydrogen-bond acceptors (Lipinski definition) is 1. The third kappa shape index (κ3) is 2.25. The third-order valence-electron chi connectivity index (χ3n) is 3.74. The molecule has 100 valence electrons. The van der Waals surface area contributed by atoms with Gasteiger partial charge in [-0.15, -0.1) is 0 Å². The predicted octanol–water partition coefficient (Wildman–Crippen LogP) is 4.03. The molecule has 0 aromatic heterocycles. The molecule has 3 aliphatic carbocycles. The summed E-state index contributed by atoms with van der Waals surface area (Å²) in [5.74, 6) is -0.837. The van der Waals surface area contributed by atoms with Crippen molar-refractivity contribution in [1.82, 2.24) is 0 Å². The lowest BCUT2D eigenvalue weighted by Gasteiger charge is -2.16. The Balaban J connectivity index is 2.13. The molecular weight excluding hydrogens is 248 g/mol. The molecule has 0 spiro atoms. The summed E-state index contributed by atoms with van der Waals surface area (Å²) in [6, 6.07) is 0. The molecule has 2 nitrogen and oxygen atoms in total. The van der Waals surface area contributed by atoms with Gasteiger partial charge in [0.2, 0.25) is 0 Å². The van der Waals surface area contributed by atoms with Crippen molar-refractivity contribution in [2.75, 3.05) is 0 Å². The van der Waals surface area contributed by atoms with Crippen LogP contribution in [0.15, 0.2) is 82.5 Å². The summed E-state index contributed by atoms with van der Waals surface area (Å²) in [7, 11) is 0. The zero-order chi connectivity index (χ0) is 13.9. The maximum absolute atomic E-state index is 11.8. The second-order valence-electron chi connectivity index (χ2n) is 5.03. The monoisotopic (exact) mass is 264 g/mol. The number of carbonyl (C=O) groups is 1. The van der Waals surface area contributed by atoms with Crippen LogP contribution in [-0.4, -0.2) is 11.1 Å². The molecule has 20 heavy (non-hydrogen) atoms. The minimum Gasteiger partial charge on any atom is -0.478 e. The first-order valence-corrected chi connectivity index (χ1v) is 6.83. The number of carboxylic acid groups (broad SMARTS) is 1. The van der Waals surface area contributed by atoms with Gasteiger partial charge in [0.15, 0.2) is 0 Å². The average Bonchev–Trinajstić information content (AvgIpc) is 3.17. The first kappa shape index (κ1) is 12.7. The SMILES string of the molecule is O=C(O)C(C1=CC=CC1)=C(C1=CC=CC1)C1=CC=CC1. The molecule has 0 aromatic carbocycles. The largest absolute Gasteiger partial charge is 0.478 e. The van der Waals surface area contributed by atoms with Crippen molar-refractivity contribution < 1.29 is 9.90 Å². The smallest absolute Gasteiger partial charge is 0.336 e. The summed E-state index contributed by atoms with van der Waals surface area (Å²) in [6.45, 7) is 0. The normalized spacial score (nSPS) is 19.1. The van der Waals surface area contributed by atoms with Gasteiger partial charge in [-0.25, -0.2) is 4.79 Å². The van der Waals surface area contributed by atoms with E-state index < -0.39 is 5.97 Å². The summed E-state index contributed by atoms with van der Waals surface area (Å²) >= 11 is 0. The summed E-state index contributed by atoms with van der Waals surface area (Å²) in [6.07, 6.45) is 20.4. The van der Waals surface area contributed by atoms with Crippen LogP contribution in [0.25, 0.3) is 0 Å². The highest BCUT2D eigenvalue weighted by molar-refractivity contribution is 5.95. The minimum absolute atomic E-state index is 0.458. The molecule has 0 saturated carbocycles. The van der Waals surface area contributed by atoms with Crippen LogP contribution in [0.2, 0.25) is 0 Å². The third-order valence-corrected chi connectivity index (χ3v) is 3.74. The van der Waals surface area contributed by atoms with Crippen LogP contribution in [0.4, 0.5) is 0 Å². The van der Waals surface area contributed by atoms with E-state index in [9.17, 15) is 9.90 Å². The van der Waals surface area contributed by atoms with E-state index in [0.29, 0.717) is 12.0 Å². The Kier molecular flexibility index (Phi) is 3.38. The summed E-state index contributed by atoms with van der Waals surface area (Å²) in [5.41, 5.74) is 4.46.